The largest absolute Gasteiger partial charge is 0.336 e. The zero-order valence-corrected chi connectivity index (χ0v) is 10.8. The van der Waals surface area contributed by atoms with Crippen LogP contribution < -0.4 is 0 Å². The Morgan fingerprint density at radius 3 is 2.83 bits per heavy atom. The van der Waals surface area contributed by atoms with Crippen molar-refractivity contribution in [2.75, 3.05) is 6.54 Å². The standard InChI is InChI=1S/C14H14N2OS/c17-14-6-13(18)9-16(14)8-12-5-10-3-1-2-4-11(10)7-15-12/h1-5,7,13,18H,6,8-9H2. The summed E-state index contributed by atoms with van der Waals surface area (Å²) in [5.74, 6) is 0.171. The molecular weight excluding hydrogens is 244 g/mol. The van der Waals surface area contributed by atoms with Crippen LogP contribution in [-0.2, 0) is 11.3 Å². The first kappa shape index (κ1) is 11.5. The van der Waals surface area contributed by atoms with E-state index < -0.39 is 0 Å². The van der Waals surface area contributed by atoms with Gasteiger partial charge in [-0.3, -0.25) is 9.78 Å². The molecule has 1 atom stereocenters. The summed E-state index contributed by atoms with van der Waals surface area (Å²) in [4.78, 5) is 17.9. The molecule has 18 heavy (non-hydrogen) atoms. The molecule has 1 unspecified atom stereocenters. The van der Waals surface area contributed by atoms with E-state index in [1.807, 2.05) is 29.3 Å². The molecule has 0 N–H and O–H groups in total. The highest BCUT2D eigenvalue weighted by atomic mass is 32.1. The third-order valence-corrected chi connectivity index (χ3v) is 3.58. The average Bonchev–Trinajstić information content (AvgIpc) is 2.68. The molecule has 92 valence electrons. The number of carbonyl (C=O) groups excluding carboxylic acids is 1. The maximum atomic E-state index is 11.7. The molecule has 1 aliphatic rings. The van der Waals surface area contributed by atoms with Crippen LogP contribution in [0.5, 0.6) is 0 Å². The van der Waals surface area contributed by atoms with Crippen molar-refractivity contribution in [3.8, 4) is 0 Å². The molecule has 1 amide bonds. The highest BCUT2D eigenvalue weighted by molar-refractivity contribution is 7.81. The first-order valence-corrected chi connectivity index (χ1v) is 6.53. The predicted molar refractivity (Wildman–Crippen MR) is 74.6 cm³/mol. The van der Waals surface area contributed by atoms with Crippen LogP contribution in [0.2, 0.25) is 0 Å². The number of likely N-dealkylation sites (tertiary alicyclic amines) is 1. The molecule has 2 heterocycles. The van der Waals surface area contributed by atoms with Crippen molar-refractivity contribution in [3.05, 3.63) is 42.2 Å². The van der Waals surface area contributed by atoms with Crippen LogP contribution >= 0.6 is 12.6 Å². The van der Waals surface area contributed by atoms with Crippen LogP contribution in [0.4, 0.5) is 0 Å². The maximum Gasteiger partial charge on any atom is 0.224 e. The Kier molecular flexibility index (Phi) is 2.96. The van der Waals surface area contributed by atoms with Crippen molar-refractivity contribution >= 4 is 29.3 Å². The summed E-state index contributed by atoms with van der Waals surface area (Å²) in [6.07, 6.45) is 2.40. The van der Waals surface area contributed by atoms with Gasteiger partial charge in [0.05, 0.1) is 12.2 Å². The zero-order chi connectivity index (χ0) is 12.5. The third-order valence-electron chi connectivity index (χ3n) is 3.23. The molecule has 0 bridgehead atoms. The zero-order valence-electron chi connectivity index (χ0n) is 9.91. The highest BCUT2D eigenvalue weighted by Crippen LogP contribution is 2.19. The molecule has 0 radical (unpaired) electrons. The number of thiol groups is 1. The fourth-order valence-electron chi connectivity index (χ4n) is 2.32. The van der Waals surface area contributed by atoms with Gasteiger partial charge in [0.2, 0.25) is 5.91 Å². The minimum Gasteiger partial charge on any atom is -0.336 e. The van der Waals surface area contributed by atoms with Gasteiger partial charge in [0.25, 0.3) is 0 Å². The quantitative estimate of drug-likeness (QED) is 0.838. The summed E-state index contributed by atoms with van der Waals surface area (Å²) >= 11 is 4.35. The molecular formula is C14H14N2OS. The lowest BCUT2D eigenvalue weighted by atomic mass is 10.1. The van der Waals surface area contributed by atoms with Gasteiger partial charge in [0, 0.05) is 29.8 Å². The summed E-state index contributed by atoms with van der Waals surface area (Å²) in [6, 6.07) is 10.2. The molecule has 1 aromatic heterocycles. The van der Waals surface area contributed by atoms with Gasteiger partial charge in [-0.15, -0.1) is 0 Å². The van der Waals surface area contributed by atoms with Gasteiger partial charge in [-0.05, 0) is 11.5 Å². The first-order valence-electron chi connectivity index (χ1n) is 6.02. The lowest BCUT2D eigenvalue weighted by Crippen LogP contribution is -2.25. The maximum absolute atomic E-state index is 11.7. The second-order valence-corrected chi connectivity index (χ2v) is 5.39. The average molecular weight is 258 g/mol. The van der Waals surface area contributed by atoms with Crippen LogP contribution in [0.15, 0.2) is 36.5 Å². The highest BCUT2D eigenvalue weighted by Gasteiger charge is 2.27. The number of pyridine rings is 1. The van der Waals surface area contributed by atoms with Gasteiger partial charge >= 0.3 is 0 Å². The fourth-order valence-corrected chi connectivity index (χ4v) is 2.67. The Balaban J connectivity index is 1.84. The van der Waals surface area contributed by atoms with Gasteiger partial charge < -0.3 is 4.90 Å². The fraction of sp³-hybridized carbons (Fsp3) is 0.286. The number of fused-ring (bicyclic) bond motifs is 1. The van der Waals surface area contributed by atoms with E-state index in [-0.39, 0.29) is 11.2 Å². The van der Waals surface area contributed by atoms with Crippen LogP contribution in [-0.4, -0.2) is 27.6 Å². The summed E-state index contributed by atoms with van der Waals surface area (Å²) in [5.41, 5.74) is 0.935. The summed E-state index contributed by atoms with van der Waals surface area (Å²) in [5, 5.41) is 2.45. The smallest absolute Gasteiger partial charge is 0.224 e. The Hall–Kier alpha value is -1.55. The van der Waals surface area contributed by atoms with Crippen LogP contribution in [0.25, 0.3) is 10.8 Å². The molecule has 1 aliphatic heterocycles. The summed E-state index contributed by atoms with van der Waals surface area (Å²) in [6.45, 7) is 1.30. The Labute approximate surface area is 111 Å². The van der Waals surface area contributed by atoms with Crippen molar-refractivity contribution in [1.29, 1.82) is 0 Å². The minimum absolute atomic E-state index is 0.165. The van der Waals surface area contributed by atoms with Gasteiger partial charge in [-0.2, -0.15) is 12.6 Å². The molecule has 3 nitrogen and oxygen atoms in total. The SMILES string of the molecule is O=C1CC(S)CN1Cc1cc2ccccc2cn1. The van der Waals surface area contributed by atoms with E-state index in [4.69, 9.17) is 0 Å². The van der Waals surface area contributed by atoms with Crippen molar-refractivity contribution in [2.45, 2.75) is 18.2 Å². The molecule has 1 fully saturated rings. The number of aromatic nitrogens is 1. The monoisotopic (exact) mass is 258 g/mol. The molecule has 1 saturated heterocycles. The van der Waals surface area contributed by atoms with E-state index >= 15 is 0 Å². The summed E-state index contributed by atoms with van der Waals surface area (Å²) in [7, 11) is 0. The Morgan fingerprint density at radius 1 is 1.33 bits per heavy atom. The molecule has 0 aliphatic carbocycles. The van der Waals surface area contributed by atoms with E-state index in [1.165, 1.54) is 0 Å². The van der Waals surface area contributed by atoms with Crippen molar-refractivity contribution < 1.29 is 4.79 Å². The van der Waals surface area contributed by atoms with Crippen LogP contribution in [0.3, 0.4) is 0 Å². The van der Waals surface area contributed by atoms with E-state index in [2.05, 4.69) is 29.7 Å². The van der Waals surface area contributed by atoms with Gasteiger partial charge in [-0.1, -0.05) is 24.3 Å². The van der Waals surface area contributed by atoms with Crippen LogP contribution in [0.1, 0.15) is 12.1 Å². The predicted octanol–water partition coefficient (Wildman–Crippen LogP) is 2.27. The number of carbonyl (C=O) groups is 1. The van der Waals surface area contributed by atoms with Crippen molar-refractivity contribution in [2.24, 2.45) is 0 Å². The van der Waals surface area contributed by atoms with Crippen molar-refractivity contribution in [3.63, 3.8) is 0 Å². The van der Waals surface area contributed by atoms with E-state index in [9.17, 15) is 4.79 Å². The van der Waals surface area contributed by atoms with E-state index in [1.54, 1.807) is 0 Å². The van der Waals surface area contributed by atoms with Gasteiger partial charge in [0.15, 0.2) is 0 Å². The molecule has 4 heteroatoms. The number of nitrogens with zero attached hydrogens (tertiary/aromatic N) is 2. The molecule has 2 aromatic rings. The van der Waals surface area contributed by atoms with Crippen LogP contribution in [0, 0.1) is 0 Å². The molecule has 1 aromatic carbocycles. The van der Waals surface area contributed by atoms with E-state index in [0.717, 1.165) is 23.0 Å². The Morgan fingerprint density at radius 2 is 2.11 bits per heavy atom. The number of amides is 1. The Bertz CT molecular complexity index is 599. The molecule has 3 rings (SSSR count). The molecule has 0 saturated carbocycles. The number of hydrogen-bond donors (Lipinski definition) is 1. The topological polar surface area (TPSA) is 33.2 Å². The number of hydrogen-bond acceptors (Lipinski definition) is 3. The van der Waals surface area contributed by atoms with Crippen molar-refractivity contribution in [1.82, 2.24) is 9.88 Å². The van der Waals surface area contributed by atoms with E-state index in [0.29, 0.717) is 13.0 Å². The lowest BCUT2D eigenvalue weighted by Gasteiger charge is -2.15. The second-order valence-electron chi connectivity index (χ2n) is 4.65. The van der Waals surface area contributed by atoms with Gasteiger partial charge in [0.1, 0.15) is 0 Å². The second kappa shape index (κ2) is 4.61. The normalized spacial score (nSPS) is 19.7. The lowest BCUT2D eigenvalue weighted by molar-refractivity contribution is -0.128. The summed E-state index contributed by atoms with van der Waals surface area (Å²) < 4.78 is 0. The minimum atomic E-state index is 0.165. The molecule has 0 spiro atoms. The number of benzene rings is 1. The third kappa shape index (κ3) is 2.20. The first-order chi connectivity index (χ1) is 8.72. The number of rotatable bonds is 2. The van der Waals surface area contributed by atoms with Gasteiger partial charge in [-0.25, -0.2) is 0 Å².